The minimum Gasteiger partial charge on any atom is -0.350 e. The Kier molecular flexibility index (Phi) is 6.90. The first-order chi connectivity index (χ1) is 18.2. The maximum atomic E-state index is 13.4. The predicted octanol–water partition coefficient (Wildman–Crippen LogP) is 5.86. The number of benzene rings is 3. The Morgan fingerprint density at radius 1 is 0.474 bits per heavy atom. The molecule has 12 heteroatoms. The molecule has 5 rings (SSSR count). The molecule has 2 N–H and O–H groups in total. The molecule has 0 saturated heterocycles. The fourth-order valence-corrected chi connectivity index (χ4v) is 4.53. The van der Waals surface area contributed by atoms with Gasteiger partial charge in [0.25, 0.3) is 23.6 Å². The van der Waals surface area contributed by atoms with E-state index in [1.54, 1.807) is 60.7 Å². The molecule has 0 bridgehead atoms. The number of imide groups is 2. The van der Waals surface area contributed by atoms with E-state index in [4.69, 9.17) is 46.4 Å². The van der Waals surface area contributed by atoms with E-state index in [2.05, 4.69) is 10.6 Å². The smallest absolute Gasteiger partial charge is 0.283 e. The van der Waals surface area contributed by atoms with Gasteiger partial charge in [-0.3, -0.25) is 19.2 Å². The highest BCUT2D eigenvalue weighted by atomic mass is 35.5. The molecule has 0 saturated carbocycles. The topological polar surface area (TPSA) is 98.8 Å². The lowest BCUT2D eigenvalue weighted by molar-refractivity contribution is -0.122. The normalized spacial score (nSPS) is 15.8. The number of rotatable bonds is 6. The summed E-state index contributed by atoms with van der Waals surface area (Å²) in [5.41, 5.74) is 0.526. The van der Waals surface area contributed by atoms with Crippen LogP contribution in [0, 0.1) is 0 Å². The summed E-state index contributed by atoms with van der Waals surface area (Å²) in [6.07, 6.45) is 0. The fraction of sp³-hybridized carbons (Fsp3) is 0. The van der Waals surface area contributed by atoms with Crippen molar-refractivity contribution >= 4 is 92.8 Å². The van der Waals surface area contributed by atoms with Crippen molar-refractivity contribution in [3.8, 4) is 0 Å². The number of amides is 4. The number of para-hydroxylation sites is 2. The van der Waals surface area contributed by atoms with Crippen LogP contribution in [0.4, 0.5) is 22.7 Å². The van der Waals surface area contributed by atoms with Gasteiger partial charge in [-0.1, -0.05) is 58.5 Å². The van der Waals surface area contributed by atoms with Crippen LogP contribution < -0.4 is 20.4 Å². The average Bonchev–Trinajstić information content (AvgIpc) is 3.24. The number of nitrogens with zero attached hydrogens (tertiary/aromatic N) is 2. The monoisotopic (exact) mass is 586 g/mol. The van der Waals surface area contributed by atoms with Gasteiger partial charge in [-0.05, 0) is 60.7 Å². The Hall–Kier alpha value is -3.82. The Labute approximate surface area is 236 Å². The van der Waals surface area contributed by atoms with Crippen LogP contribution in [0.3, 0.4) is 0 Å². The lowest BCUT2D eigenvalue weighted by Gasteiger charge is -2.23. The quantitative estimate of drug-likeness (QED) is 0.350. The van der Waals surface area contributed by atoms with Gasteiger partial charge in [0.2, 0.25) is 0 Å². The fourth-order valence-electron chi connectivity index (χ4n) is 3.86. The summed E-state index contributed by atoms with van der Waals surface area (Å²) in [5, 5.41) is 5.91. The Morgan fingerprint density at radius 2 is 0.816 bits per heavy atom. The number of nitrogens with one attached hydrogen (secondary N) is 2. The van der Waals surface area contributed by atoms with Crippen LogP contribution in [0.25, 0.3) is 0 Å². The molecule has 0 aromatic heterocycles. The van der Waals surface area contributed by atoms with Crippen LogP contribution in [0.1, 0.15) is 0 Å². The molecule has 0 aliphatic carbocycles. The number of carbonyl (C=O) groups is 4. The van der Waals surface area contributed by atoms with E-state index < -0.39 is 23.6 Å². The van der Waals surface area contributed by atoms with Crippen LogP contribution in [0.2, 0.25) is 10.0 Å². The van der Waals surface area contributed by atoms with E-state index in [0.29, 0.717) is 21.4 Å². The molecule has 0 fully saturated rings. The van der Waals surface area contributed by atoms with E-state index in [1.165, 1.54) is 12.1 Å². The second-order valence-corrected chi connectivity index (χ2v) is 9.65. The largest absolute Gasteiger partial charge is 0.350 e. The average molecular weight is 588 g/mol. The summed E-state index contributed by atoms with van der Waals surface area (Å²) >= 11 is 24.3. The molecule has 4 amide bonds. The molecular weight excluding hydrogens is 574 g/mol. The minimum atomic E-state index is -0.835. The zero-order valence-electron chi connectivity index (χ0n) is 19.0. The second kappa shape index (κ2) is 10.2. The summed E-state index contributed by atoms with van der Waals surface area (Å²) in [6.45, 7) is 0. The molecule has 190 valence electrons. The van der Waals surface area contributed by atoms with Gasteiger partial charge in [0, 0.05) is 21.4 Å². The third-order valence-electron chi connectivity index (χ3n) is 5.65. The van der Waals surface area contributed by atoms with Crippen molar-refractivity contribution in [3.63, 3.8) is 0 Å². The van der Waals surface area contributed by atoms with Crippen LogP contribution in [0.5, 0.6) is 0 Å². The second-order valence-electron chi connectivity index (χ2n) is 8.02. The number of carbonyl (C=O) groups excluding carboxylic acids is 4. The van der Waals surface area contributed by atoms with Crippen molar-refractivity contribution in [2.45, 2.75) is 0 Å². The predicted molar refractivity (Wildman–Crippen MR) is 147 cm³/mol. The summed E-state index contributed by atoms with van der Waals surface area (Å²) in [7, 11) is 0. The molecular formula is C26H14Cl4N4O4. The number of anilines is 4. The highest BCUT2D eigenvalue weighted by molar-refractivity contribution is 6.55. The third-order valence-corrected chi connectivity index (χ3v) is 6.85. The first-order valence-electron chi connectivity index (χ1n) is 10.9. The van der Waals surface area contributed by atoms with Crippen molar-refractivity contribution in [3.05, 3.63) is 104 Å². The summed E-state index contributed by atoms with van der Waals surface area (Å²) in [4.78, 5) is 54.5. The van der Waals surface area contributed by atoms with Gasteiger partial charge in [0.1, 0.15) is 21.5 Å². The van der Waals surface area contributed by atoms with Crippen molar-refractivity contribution in [2.75, 3.05) is 20.4 Å². The van der Waals surface area contributed by atoms with Crippen molar-refractivity contribution in [2.24, 2.45) is 0 Å². The lowest BCUT2D eigenvalue weighted by atomic mass is 10.2. The molecule has 38 heavy (non-hydrogen) atoms. The number of halogens is 4. The van der Waals surface area contributed by atoms with Gasteiger partial charge in [-0.25, -0.2) is 9.80 Å². The van der Waals surface area contributed by atoms with Crippen LogP contribution in [-0.4, -0.2) is 23.6 Å². The van der Waals surface area contributed by atoms with Gasteiger partial charge < -0.3 is 10.6 Å². The molecule has 3 aromatic carbocycles. The van der Waals surface area contributed by atoms with Gasteiger partial charge in [0.15, 0.2) is 0 Å². The zero-order chi connectivity index (χ0) is 27.1. The van der Waals surface area contributed by atoms with Crippen molar-refractivity contribution < 1.29 is 19.2 Å². The van der Waals surface area contributed by atoms with Gasteiger partial charge in [-0.15, -0.1) is 0 Å². The van der Waals surface area contributed by atoms with Gasteiger partial charge >= 0.3 is 0 Å². The Morgan fingerprint density at radius 3 is 1.16 bits per heavy atom. The molecule has 2 heterocycles. The van der Waals surface area contributed by atoms with E-state index in [9.17, 15) is 19.2 Å². The van der Waals surface area contributed by atoms with Crippen LogP contribution >= 0.6 is 46.4 Å². The minimum absolute atomic E-state index is 0.0348. The Bertz CT molecular complexity index is 1460. The van der Waals surface area contributed by atoms with Gasteiger partial charge in [-0.2, -0.15) is 0 Å². The van der Waals surface area contributed by atoms with E-state index in [-0.39, 0.29) is 32.8 Å². The molecule has 8 nitrogen and oxygen atoms in total. The maximum absolute atomic E-state index is 13.4. The van der Waals surface area contributed by atoms with Crippen LogP contribution in [0.15, 0.2) is 94.3 Å². The third kappa shape index (κ3) is 4.52. The van der Waals surface area contributed by atoms with Crippen molar-refractivity contribution in [1.82, 2.24) is 0 Å². The maximum Gasteiger partial charge on any atom is 0.283 e. The molecule has 0 radical (unpaired) electrons. The van der Waals surface area contributed by atoms with E-state index >= 15 is 0 Å². The highest BCUT2D eigenvalue weighted by Crippen LogP contribution is 2.39. The van der Waals surface area contributed by atoms with E-state index in [1.807, 2.05) is 0 Å². The molecule has 3 aromatic rings. The molecule has 2 aliphatic rings. The molecule has 0 unspecified atom stereocenters. The summed E-state index contributed by atoms with van der Waals surface area (Å²) in [5.74, 6) is -3.23. The molecule has 0 atom stereocenters. The van der Waals surface area contributed by atoms with Gasteiger partial charge in [0.05, 0.1) is 11.4 Å². The van der Waals surface area contributed by atoms with E-state index in [0.717, 1.165) is 9.80 Å². The standard InChI is InChI=1S/C26H14Cl4N4O4/c27-13-5-9-15(10-6-13)31-21-19(29)23(35)33(25(21)37)17-3-1-2-4-18(17)34-24(36)20(30)22(26(34)38)32-16-11-7-14(28)8-12-16/h1-12,31-32H. The SMILES string of the molecule is O=C1C(Cl)=C(Nc2ccc(Cl)cc2)C(=O)N1c1ccccc1N1C(=O)C(Cl)=C(Nc2ccc(Cl)cc2)C1=O. The zero-order valence-corrected chi connectivity index (χ0v) is 22.0. The first-order valence-corrected chi connectivity index (χ1v) is 12.4. The Balaban J connectivity index is 1.46. The number of hydrogen-bond donors (Lipinski definition) is 2. The first kappa shape index (κ1) is 25.8. The van der Waals surface area contributed by atoms with Crippen molar-refractivity contribution in [1.29, 1.82) is 0 Å². The highest BCUT2D eigenvalue weighted by Gasteiger charge is 2.44. The summed E-state index contributed by atoms with van der Waals surface area (Å²) in [6, 6.07) is 18.8. The van der Waals surface area contributed by atoms with Crippen LogP contribution in [-0.2, 0) is 19.2 Å². The lowest BCUT2D eigenvalue weighted by Crippen LogP contribution is -2.37. The summed E-state index contributed by atoms with van der Waals surface area (Å²) < 4.78 is 0. The molecule has 2 aliphatic heterocycles. The molecule has 0 spiro atoms. The number of hydrogen-bond acceptors (Lipinski definition) is 6.